The van der Waals surface area contributed by atoms with Gasteiger partial charge < -0.3 is 4.42 Å². The summed E-state index contributed by atoms with van der Waals surface area (Å²) in [5, 5.41) is 12.5. The Morgan fingerprint density at radius 2 is 1.91 bits per heavy atom. The lowest BCUT2D eigenvalue weighted by molar-refractivity contribution is -0.0571. The van der Waals surface area contributed by atoms with Crippen molar-refractivity contribution in [3.63, 3.8) is 0 Å². The Hall–Kier alpha value is -2.99. The molecule has 8 nitrogen and oxygen atoms in total. The normalized spacial score (nSPS) is 21.6. The highest BCUT2D eigenvalue weighted by molar-refractivity contribution is 7.87. The van der Waals surface area contributed by atoms with Crippen LogP contribution >= 0.6 is 0 Å². The number of aromatic nitrogens is 4. The molecule has 33 heavy (non-hydrogen) atoms. The van der Waals surface area contributed by atoms with Gasteiger partial charge in [-0.2, -0.15) is 26.7 Å². The summed E-state index contributed by atoms with van der Waals surface area (Å²) in [7, 11) is -3.92. The first-order chi connectivity index (χ1) is 15.5. The molecule has 2 aromatic rings. The number of alkyl halides is 3. The summed E-state index contributed by atoms with van der Waals surface area (Å²) in [5.74, 6) is -0.369. The van der Waals surface area contributed by atoms with Gasteiger partial charge in [-0.25, -0.2) is 0 Å². The number of hydrogen-bond acceptors (Lipinski definition) is 7. The molecule has 0 bridgehead atoms. The fourth-order valence-electron chi connectivity index (χ4n) is 3.74. The maximum Gasteiger partial charge on any atom is 0.523 e. The van der Waals surface area contributed by atoms with E-state index in [4.69, 9.17) is 4.42 Å². The molecule has 2 aromatic heterocycles. The summed E-state index contributed by atoms with van der Waals surface area (Å²) in [5.41, 5.74) is -2.34. The van der Waals surface area contributed by atoms with Crippen LogP contribution in [0.5, 0.6) is 0 Å². The predicted molar refractivity (Wildman–Crippen MR) is 114 cm³/mol. The summed E-state index contributed by atoms with van der Waals surface area (Å²) in [6.45, 7) is 3.02. The largest absolute Gasteiger partial charge is 0.523 e. The lowest BCUT2D eigenvalue weighted by atomic mass is 9.89. The first-order valence-electron chi connectivity index (χ1n) is 10.1. The number of allylic oxidation sites excluding steroid dienone is 6. The van der Waals surface area contributed by atoms with Crippen LogP contribution in [0.25, 0.3) is 22.7 Å². The van der Waals surface area contributed by atoms with Gasteiger partial charge in [-0.15, -0.1) is 10.2 Å². The van der Waals surface area contributed by atoms with Crippen molar-refractivity contribution in [1.29, 1.82) is 0 Å². The molecule has 0 aromatic carbocycles. The van der Waals surface area contributed by atoms with Crippen LogP contribution in [0, 0.1) is 5.92 Å². The van der Waals surface area contributed by atoms with E-state index in [0.717, 1.165) is 24.1 Å². The zero-order valence-electron chi connectivity index (χ0n) is 18.0. The second-order valence-corrected chi connectivity index (χ2v) is 9.44. The topological polar surface area (TPSA) is 100 Å². The summed E-state index contributed by atoms with van der Waals surface area (Å²) in [6, 6.07) is 1.84. The SMILES string of the molecule is CC1=CC(c2nnc(-c3cc(C4=CCCC=C4)n(C)n3)o2)=CC(C)C1OS(=O)(=O)C(F)(F)F. The van der Waals surface area contributed by atoms with Gasteiger partial charge >= 0.3 is 15.6 Å². The highest BCUT2D eigenvalue weighted by atomic mass is 32.2. The van der Waals surface area contributed by atoms with Gasteiger partial charge in [0.2, 0.25) is 5.89 Å². The number of halogens is 3. The highest BCUT2D eigenvalue weighted by Crippen LogP contribution is 2.35. The Morgan fingerprint density at radius 3 is 2.55 bits per heavy atom. The summed E-state index contributed by atoms with van der Waals surface area (Å²) in [6.07, 6.45) is 9.90. The van der Waals surface area contributed by atoms with Crippen molar-refractivity contribution in [2.45, 2.75) is 38.3 Å². The van der Waals surface area contributed by atoms with Crippen LogP contribution in [0.4, 0.5) is 13.2 Å². The summed E-state index contributed by atoms with van der Waals surface area (Å²) in [4.78, 5) is 0. The number of hydrogen-bond donors (Lipinski definition) is 0. The van der Waals surface area contributed by atoms with E-state index in [0.29, 0.717) is 11.3 Å². The minimum Gasteiger partial charge on any atom is -0.415 e. The Balaban J connectivity index is 1.56. The van der Waals surface area contributed by atoms with Crippen LogP contribution in [-0.4, -0.2) is 40.0 Å². The van der Waals surface area contributed by atoms with Gasteiger partial charge in [0.15, 0.2) is 0 Å². The van der Waals surface area contributed by atoms with E-state index >= 15 is 0 Å². The molecule has 176 valence electrons. The number of nitrogens with zero attached hydrogens (tertiary/aromatic N) is 4. The molecule has 0 saturated heterocycles. The highest BCUT2D eigenvalue weighted by Gasteiger charge is 2.49. The van der Waals surface area contributed by atoms with Crippen molar-refractivity contribution < 1.29 is 30.2 Å². The molecule has 2 heterocycles. The molecule has 0 spiro atoms. The maximum absolute atomic E-state index is 12.7. The summed E-state index contributed by atoms with van der Waals surface area (Å²) < 4.78 is 72.9. The van der Waals surface area contributed by atoms with Crippen LogP contribution in [-0.2, 0) is 21.3 Å². The van der Waals surface area contributed by atoms with Crippen LogP contribution in [0.2, 0.25) is 0 Å². The van der Waals surface area contributed by atoms with Crippen molar-refractivity contribution in [2.24, 2.45) is 13.0 Å². The van der Waals surface area contributed by atoms with Crippen molar-refractivity contribution in [2.75, 3.05) is 0 Å². The smallest absolute Gasteiger partial charge is 0.415 e. The average Bonchev–Trinajstić information content (AvgIpc) is 3.37. The van der Waals surface area contributed by atoms with E-state index in [1.807, 2.05) is 19.2 Å². The van der Waals surface area contributed by atoms with Gasteiger partial charge in [0, 0.05) is 18.5 Å². The van der Waals surface area contributed by atoms with E-state index < -0.39 is 27.6 Å². The van der Waals surface area contributed by atoms with Crippen LogP contribution in [0.15, 0.2) is 46.4 Å². The van der Waals surface area contributed by atoms with Gasteiger partial charge in [0.1, 0.15) is 11.8 Å². The molecule has 2 aliphatic rings. The molecule has 0 saturated carbocycles. The van der Waals surface area contributed by atoms with Crippen LogP contribution in [0.3, 0.4) is 0 Å². The fraction of sp³-hybridized carbons (Fsp3) is 0.381. The van der Waals surface area contributed by atoms with Gasteiger partial charge in [-0.1, -0.05) is 31.2 Å². The molecule has 0 fully saturated rings. The molecule has 2 unspecified atom stereocenters. The number of rotatable bonds is 5. The Kier molecular flexibility index (Phi) is 5.91. The van der Waals surface area contributed by atoms with Crippen LogP contribution in [0.1, 0.15) is 38.3 Å². The Bertz CT molecular complexity index is 1300. The molecule has 4 rings (SSSR count). The van der Waals surface area contributed by atoms with Crippen LogP contribution < -0.4 is 0 Å². The fourth-order valence-corrected chi connectivity index (χ4v) is 4.45. The predicted octanol–water partition coefficient (Wildman–Crippen LogP) is 4.42. The lowest BCUT2D eigenvalue weighted by Crippen LogP contribution is -2.34. The molecule has 0 aliphatic heterocycles. The molecule has 12 heteroatoms. The second kappa shape index (κ2) is 8.41. The minimum atomic E-state index is -5.73. The third-order valence-corrected chi connectivity index (χ3v) is 6.36. The van der Waals surface area contributed by atoms with E-state index in [1.54, 1.807) is 11.6 Å². The molecule has 0 amide bonds. The van der Waals surface area contributed by atoms with E-state index in [-0.39, 0.29) is 17.4 Å². The Morgan fingerprint density at radius 1 is 1.18 bits per heavy atom. The number of aryl methyl sites for hydroxylation is 1. The van der Waals surface area contributed by atoms with E-state index in [2.05, 4.69) is 31.6 Å². The molecule has 0 N–H and O–H groups in total. The van der Waals surface area contributed by atoms with E-state index in [1.165, 1.54) is 19.1 Å². The molecular formula is C21H21F3N4O4S. The van der Waals surface area contributed by atoms with Crippen molar-refractivity contribution in [3.8, 4) is 11.6 Å². The van der Waals surface area contributed by atoms with Crippen molar-refractivity contribution in [3.05, 3.63) is 53.6 Å². The molecule has 0 radical (unpaired) electrons. The van der Waals surface area contributed by atoms with Gasteiger partial charge in [0.25, 0.3) is 5.89 Å². The first-order valence-corrected chi connectivity index (χ1v) is 11.5. The Labute approximate surface area is 188 Å². The third-order valence-electron chi connectivity index (χ3n) is 5.33. The van der Waals surface area contributed by atoms with Gasteiger partial charge in [-0.3, -0.25) is 8.86 Å². The summed E-state index contributed by atoms with van der Waals surface area (Å²) >= 11 is 0. The molecule has 2 atom stereocenters. The van der Waals surface area contributed by atoms with Crippen molar-refractivity contribution in [1.82, 2.24) is 20.0 Å². The first kappa shape index (κ1) is 23.2. The monoisotopic (exact) mass is 482 g/mol. The third kappa shape index (κ3) is 4.58. The standard InChI is InChI=1S/C21H21F3N4O4S/c1-12-9-15(10-13(2)18(12)32-33(29,30)21(22,23)24)19-25-26-20(31-19)16-11-17(28(3)27-16)14-7-5-4-6-8-14/h5,7-12,18H,4,6H2,1-3H3. The lowest BCUT2D eigenvalue weighted by Gasteiger charge is -2.26. The van der Waals surface area contributed by atoms with Gasteiger partial charge in [-0.05, 0) is 43.1 Å². The zero-order valence-corrected chi connectivity index (χ0v) is 18.8. The van der Waals surface area contributed by atoms with Crippen molar-refractivity contribution >= 4 is 21.3 Å². The minimum absolute atomic E-state index is 0.136. The quantitative estimate of drug-likeness (QED) is 0.459. The van der Waals surface area contributed by atoms with Gasteiger partial charge in [0.05, 0.1) is 5.69 Å². The maximum atomic E-state index is 12.7. The average molecular weight is 482 g/mol. The second-order valence-electron chi connectivity index (χ2n) is 7.88. The molecular weight excluding hydrogens is 461 g/mol. The zero-order chi connectivity index (χ0) is 24.0. The van der Waals surface area contributed by atoms with E-state index in [9.17, 15) is 21.6 Å². The molecule has 2 aliphatic carbocycles.